The van der Waals surface area contributed by atoms with Crippen molar-refractivity contribution in [2.24, 2.45) is 0 Å². The van der Waals surface area contributed by atoms with E-state index in [1.807, 2.05) is 6.07 Å². The van der Waals surface area contributed by atoms with Crippen LogP contribution in [0, 0.1) is 0 Å². The van der Waals surface area contributed by atoms with E-state index in [0.29, 0.717) is 12.8 Å². The van der Waals surface area contributed by atoms with E-state index in [1.165, 1.54) is 25.7 Å². The van der Waals surface area contributed by atoms with Crippen molar-refractivity contribution in [3.63, 3.8) is 0 Å². The molecular formula is C14H23NO3. The smallest absolute Gasteiger partial charge is 0.303 e. The van der Waals surface area contributed by atoms with Gasteiger partial charge in [0.25, 0.3) is 0 Å². The Morgan fingerprint density at radius 2 is 2.00 bits per heavy atom. The minimum Gasteiger partial charge on any atom is -0.481 e. The summed E-state index contributed by atoms with van der Waals surface area (Å²) < 4.78 is 5.23. The highest BCUT2D eigenvalue weighted by Crippen LogP contribution is 2.12. The van der Waals surface area contributed by atoms with Crippen molar-refractivity contribution >= 4 is 5.97 Å². The zero-order chi connectivity index (χ0) is 13.2. The van der Waals surface area contributed by atoms with Gasteiger partial charge >= 0.3 is 5.97 Å². The molecule has 4 heteroatoms. The predicted molar refractivity (Wildman–Crippen MR) is 69.5 cm³/mol. The van der Waals surface area contributed by atoms with Crippen LogP contribution in [0.4, 0.5) is 0 Å². The molecule has 0 aromatic carbocycles. The summed E-state index contributed by atoms with van der Waals surface area (Å²) in [6.45, 7) is 2.21. The molecule has 1 rings (SSSR count). The summed E-state index contributed by atoms with van der Waals surface area (Å²) in [6.07, 6.45) is 8.67. The Morgan fingerprint density at radius 3 is 2.72 bits per heavy atom. The van der Waals surface area contributed by atoms with Gasteiger partial charge in [0.1, 0.15) is 5.76 Å². The van der Waals surface area contributed by atoms with Crippen LogP contribution >= 0.6 is 0 Å². The van der Waals surface area contributed by atoms with E-state index in [0.717, 1.165) is 24.3 Å². The van der Waals surface area contributed by atoms with E-state index in [1.54, 1.807) is 0 Å². The highest BCUT2D eigenvalue weighted by molar-refractivity contribution is 5.66. The standard InChI is InChI=1S/C14H23NO3/c1-2-3-4-5-6-9-13-11-12(15-18-13)8-7-10-14(16)17/h11H,2-10H2,1H3,(H,16,17). The summed E-state index contributed by atoms with van der Waals surface area (Å²) in [5.74, 6) is 0.173. The van der Waals surface area contributed by atoms with Crippen LogP contribution in [-0.4, -0.2) is 16.2 Å². The molecule has 1 heterocycles. The zero-order valence-corrected chi connectivity index (χ0v) is 11.2. The lowest BCUT2D eigenvalue weighted by Gasteiger charge is -1.96. The quantitative estimate of drug-likeness (QED) is 0.647. The van der Waals surface area contributed by atoms with Gasteiger partial charge in [-0.1, -0.05) is 37.8 Å². The molecule has 0 unspecified atom stereocenters. The van der Waals surface area contributed by atoms with E-state index in [2.05, 4.69) is 12.1 Å². The molecule has 0 aliphatic rings. The highest BCUT2D eigenvalue weighted by Gasteiger charge is 2.05. The Morgan fingerprint density at radius 1 is 1.22 bits per heavy atom. The fourth-order valence-electron chi connectivity index (χ4n) is 1.91. The summed E-state index contributed by atoms with van der Waals surface area (Å²) in [5, 5.41) is 12.5. The van der Waals surface area contributed by atoms with Crippen LogP contribution in [0.5, 0.6) is 0 Å². The van der Waals surface area contributed by atoms with Crippen LogP contribution < -0.4 is 0 Å². The molecule has 0 aliphatic heterocycles. The third kappa shape index (κ3) is 6.42. The van der Waals surface area contributed by atoms with E-state index >= 15 is 0 Å². The van der Waals surface area contributed by atoms with Crippen molar-refractivity contribution in [2.45, 2.75) is 64.7 Å². The number of rotatable bonds is 10. The van der Waals surface area contributed by atoms with Crippen LogP contribution in [0.15, 0.2) is 10.6 Å². The first-order valence-corrected chi connectivity index (χ1v) is 6.88. The summed E-state index contributed by atoms with van der Waals surface area (Å²) in [6, 6.07) is 1.96. The Balaban J connectivity index is 2.15. The van der Waals surface area contributed by atoms with E-state index < -0.39 is 5.97 Å². The second kappa shape index (κ2) is 8.72. The van der Waals surface area contributed by atoms with Crippen molar-refractivity contribution in [2.75, 3.05) is 0 Å². The van der Waals surface area contributed by atoms with Crippen LogP contribution in [0.3, 0.4) is 0 Å². The summed E-state index contributed by atoms with van der Waals surface area (Å²) >= 11 is 0. The third-order valence-corrected chi connectivity index (χ3v) is 2.96. The van der Waals surface area contributed by atoms with E-state index in [-0.39, 0.29) is 6.42 Å². The highest BCUT2D eigenvalue weighted by atomic mass is 16.5. The molecule has 1 aromatic rings. The Bertz CT molecular complexity index is 347. The molecule has 18 heavy (non-hydrogen) atoms. The lowest BCUT2D eigenvalue weighted by molar-refractivity contribution is -0.137. The molecule has 4 nitrogen and oxygen atoms in total. The van der Waals surface area contributed by atoms with Crippen LogP contribution in [0.2, 0.25) is 0 Å². The number of aliphatic carboxylic acids is 1. The maximum absolute atomic E-state index is 10.4. The van der Waals surface area contributed by atoms with Gasteiger partial charge in [0.15, 0.2) is 0 Å². The molecule has 1 N–H and O–H groups in total. The first kappa shape index (κ1) is 14.7. The van der Waals surface area contributed by atoms with Crippen LogP contribution in [0.25, 0.3) is 0 Å². The number of aromatic nitrogens is 1. The Labute approximate surface area is 108 Å². The average Bonchev–Trinajstić information content (AvgIpc) is 2.76. The van der Waals surface area contributed by atoms with Crippen LogP contribution in [0.1, 0.15) is 63.3 Å². The van der Waals surface area contributed by atoms with Crippen molar-refractivity contribution in [3.05, 3.63) is 17.5 Å². The normalized spacial score (nSPS) is 10.7. The third-order valence-electron chi connectivity index (χ3n) is 2.96. The fraction of sp³-hybridized carbons (Fsp3) is 0.714. The van der Waals surface area contributed by atoms with Gasteiger partial charge in [-0.05, 0) is 19.3 Å². The molecule has 0 fully saturated rings. The topological polar surface area (TPSA) is 63.3 Å². The molecular weight excluding hydrogens is 230 g/mol. The van der Waals surface area contributed by atoms with Crippen LogP contribution in [-0.2, 0) is 17.6 Å². The van der Waals surface area contributed by atoms with E-state index in [9.17, 15) is 4.79 Å². The van der Waals surface area contributed by atoms with Gasteiger partial charge in [-0.2, -0.15) is 0 Å². The summed E-state index contributed by atoms with van der Waals surface area (Å²) in [5.41, 5.74) is 0.875. The lowest BCUT2D eigenvalue weighted by Crippen LogP contribution is -1.95. The van der Waals surface area contributed by atoms with Crippen molar-refractivity contribution in [1.82, 2.24) is 5.16 Å². The molecule has 0 bridgehead atoms. The Hall–Kier alpha value is -1.32. The summed E-state index contributed by atoms with van der Waals surface area (Å²) in [4.78, 5) is 10.4. The van der Waals surface area contributed by atoms with Gasteiger partial charge in [0, 0.05) is 18.9 Å². The number of hydrogen-bond donors (Lipinski definition) is 1. The fourth-order valence-corrected chi connectivity index (χ4v) is 1.91. The largest absolute Gasteiger partial charge is 0.481 e. The first-order chi connectivity index (χ1) is 8.72. The van der Waals surface area contributed by atoms with Gasteiger partial charge in [-0.25, -0.2) is 0 Å². The van der Waals surface area contributed by atoms with Gasteiger partial charge in [0.2, 0.25) is 0 Å². The number of carboxylic acid groups (broad SMARTS) is 1. The van der Waals surface area contributed by atoms with Crippen molar-refractivity contribution in [3.8, 4) is 0 Å². The molecule has 0 spiro atoms. The van der Waals surface area contributed by atoms with Gasteiger partial charge in [-0.3, -0.25) is 4.79 Å². The molecule has 0 saturated heterocycles. The lowest BCUT2D eigenvalue weighted by atomic mass is 10.1. The molecule has 0 atom stereocenters. The first-order valence-electron chi connectivity index (χ1n) is 6.88. The SMILES string of the molecule is CCCCCCCc1cc(CCCC(=O)O)no1. The number of nitrogens with zero attached hydrogens (tertiary/aromatic N) is 1. The number of carboxylic acids is 1. The number of carbonyl (C=O) groups is 1. The predicted octanol–water partition coefficient (Wildman–Crippen LogP) is 3.59. The van der Waals surface area contributed by atoms with Gasteiger partial charge < -0.3 is 9.63 Å². The molecule has 0 aliphatic carbocycles. The molecule has 1 aromatic heterocycles. The average molecular weight is 253 g/mol. The van der Waals surface area contributed by atoms with Crippen molar-refractivity contribution in [1.29, 1.82) is 0 Å². The minimum absolute atomic E-state index is 0.194. The second-order valence-corrected chi connectivity index (χ2v) is 4.70. The summed E-state index contributed by atoms with van der Waals surface area (Å²) in [7, 11) is 0. The molecule has 0 radical (unpaired) electrons. The Kier molecular flexibility index (Phi) is 7.14. The molecule has 0 saturated carbocycles. The van der Waals surface area contributed by atoms with E-state index in [4.69, 9.17) is 9.63 Å². The van der Waals surface area contributed by atoms with Gasteiger partial charge in [0.05, 0.1) is 5.69 Å². The monoisotopic (exact) mass is 253 g/mol. The van der Waals surface area contributed by atoms with Gasteiger partial charge in [-0.15, -0.1) is 0 Å². The second-order valence-electron chi connectivity index (χ2n) is 4.70. The number of hydrogen-bond acceptors (Lipinski definition) is 3. The maximum atomic E-state index is 10.4. The molecule has 0 amide bonds. The maximum Gasteiger partial charge on any atom is 0.303 e. The molecule has 102 valence electrons. The van der Waals surface area contributed by atoms with Crippen molar-refractivity contribution < 1.29 is 14.4 Å². The minimum atomic E-state index is -0.755. The number of aryl methyl sites for hydroxylation is 2. The zero-order valence-electron chi connectivity index (χ0n) is 11.2. The number of unbranched alkanes of at least 4 members (excludes halogenated alkanes) is 4.